The summed E-state index contributed by atoms with van der Waals surface area (Å²) in [6.45, 7) is -0.331. The van der Waals surface area contributed by atoms with E-state index in [1.807, 2.05) is 0 Å². The molecule has 0 aliphatic carbocycles. The molecule has 4 heteroatoms. The van der Waals surface area contributed by atoms with Gasteiger partial charge in [-0.25, -0.2) is 0 Å². The summed E-state index contributed by atoms with van der Waals surface area (Å²) in [5, 5.41) is 2.41. The van der Waals surface area contributed by atoms with Gasteiger partial charge in [-0.2, -0.15) is 8.78 Å². The topological polar surface area (TPSA) is 29.1 Å². The monoisotopic (exact) mass is 199 g/mol. The molecule has 1 aromatic carbocycles. The summed E-state index contributed by atoms with van der Waals surface area (Å²) in [7, 11) is 1.46. The lowest BCUT2D eigenvalue weighted by Crippen LogP contribution is -2.33. The van der Waals surface area contributed by atoms with Gasteiger partial charge in [-0.1, -0.05) is 30.3 Å². The lowest BCUT2D eigenvalue weighted by atomic mass is 10.0. The summed E-state index contributed by atoms with van der Waals surface area (Å²) in [5.74, 6) is -4.52. The van der Waals surface area contributed by atoms with E-state index in [1.165, 1.54) is 31.3 Å². The van der Waals surface area contributed by atoms with Crippen molar-refractivity contribution in [2.45, 2.75) is 5.92 Å². The minimum absolute atomic E-state index is 0.264. The first-order valence-corrected chi connectivity index (χ1v) is 4.20. The normalized spacial score (nSPS) is 11.4. The molecule has 1 aromatic rings. The highest BCUT2D eigenvalue weighted by Crippen LogP contribution is 2.28. The van der Waals surface area contributed by atoms with Gasteiger partial charge in [0, 0.05) is 5.56 Å². The fourth-order valence-corrected chi connectivity index (χ4v) is 1.08. The van der Waals surface area contributed by atoms with Gasteiger partial charge in [-0.3, -0.25) is 4.79 Å². The first-order chi connectivity index (χ1) is 6.59. The molecule has 2 nitrogen and oxygen atoms in total. The molecule has 0 aliphatic heterocycles. The number of carbonyl (C=O) groups excluding carboxylic acids is 1. The summed E-state index contributed by atoms with van der Waals surface area (Å²) in [6.07, 6.45) is 0. The number of nitrogens with one attached hydrogen (secondary N) is 1. The van der Waals surface area contributed by atoms with Crippen LogP contribution in [-0.4, -0.2) is 19.4 Å². The van der Waals surface area contributed by atoms with Crippen molar-refractivity contribution in [1.82, 2.24) is 5.32 Å². The molecule has 0 saturated carbocycles. The molecule has 1 rings (SSSR count). The Labute approximate surface area is 80.9 Å². The van der Waals surface area contributed by atoms with E-state index in [9.17, 15) is 13.6 Å². The molecule has 0 aliphatic rings. The second-order valence-electron chi connectivity index (χ2n) is 2.89. The smallest absolute Gasteiger partial charge is 0.313 e. The lowest BCUT2D eigenvalue weighted by molar-refractivity contribution is -0.143. The second kappa shape index (κ2) is 4.28. The molecule has 0 amide bonds. The predicted octanol–water partition coefficient (Wildman–Crippen LogP) is 1.57. The quantitative estimate of drug-likeness (QED) is 0.797. The van der Waals surface area contributed by atoms with Crippen LogP contribution in [-0.2, 0) is 10.7 Å². The van der Waals surface area contributed by atoms with Crippen molar-refractivity contribution >= 4 is 5.78 Å². The number of benzene rings is 1. The number of Topliss-reactive ketones (excluding diaryl/α,β-unsaturated/α-hetero) is 1. The Kier molecular flexibility index (Phi) is 3.30. The van der Waals surface area contributed by atoms with Crippen molar-refractivity contribution in [3.05, 3.63) is 35.9 Å². The molecule has 0 heterocycles. The van der Waals surface area contributed by atoms with Gasteiger partial charge in [-0.05, 0) is 7.05 Å². The van der Waals surface area contributed by atoms with Gasteiger partial charge < -0.3 is 5.32 Å². The molecule has 14 heavy (non-hydrogen) atoms. The van der Waals surface area contributed by atoms with Crippen LogP contribution in [0.15, 0.2) is 30.3 Å². The maximum Gasteiger partial charge on any atom is 0.331 e. The highest BCUT2D eigenvalue weighted by Gasteiger charge is 2.39. The molecule has 0 spiro atoms. The highest BCUT2D eigenvalue weighted by molar-refractivity contribution is 5.88. The Hall–Kier alpha value is -1.29. The first-order valence-electron chi connectivity index (χ1n) is 4.20. The van der Waals surface area contributed by atoms with Gasteiger partial charge in [0.25, 0.3) is 0 Å². The van der Waals surface area contributed by atoms with E-state index in [2.05, 4.69) is 5.32 Å². The fraction of sp³-hybridized carbons (Fsp3) is 0.300. The van der Waals surface area contributed by atoms with Crippen molar-refractivity contribution in [2.24, 2.45) is 0 Å². The molecule has 0 saturated heterocycles. The number of likely N-dealkylation sites (N-methyl/N-ethyl adjacent to an activating group) is 1. The van der Waals surface area contributed by atoms with E-state index in [-0.39, 0.29) is 12.1 Å². The van der Waals surface area contributed by atoms with Crippen molar-refractivity contribution in [3.63, 3.8) is 0 Å². The molecule has 1 N–H and O–H groups in total. The Balaban J connectivity index is 2.90. The van der Waals surface area contributed by atoms with Crippen molar-refractivity contribution in [3.8, 4) is 0 Å². The lowest BCUT2D eigenvalue weighted by Gasteiger charge is -2.14. The van der Waals surface area contributed by atoms with Gasteiger partial charge in [0.2, 0.25) is 5.78 Å². The molecular formula is C10H11F2NO. The molecule has 0 radical (unpaired) electrons. The van der Waals surface area contributed by atoms with Crippen LogP contribution >= 0.6 is 0 Å². The second-order valence-corrected chi connectivity index (χ2v) is 2.89. The van der Waals surface area contributed by atoms with Crippen LogP contribution in [0.1, 0.15) is 5.56 Å². The largest absolute Gasteiger partial charge is 0.331 e. The maximum atomic E-state index is 13.3. The summed E-state index contributed by atoms with van der Waals surface area (Å²) in [6, 6.07) is 7.08. The van der Waals surface area contributed by atoms with E-state index >= 15 is 0 Å². The Morgan fingerprint density at radius 3 is 2.43 bits per heavy atom. The van der Waals surface area contributed by atoms with Crippen LogP contribution in [0, 0.1) is 0 Å². The molecule has 76 valence electrons. The van der Waals surface area contributed by atoms with Gasteiger partial charge in [-0.15, -0.1) is 0 Å². The summed E-state index contributed by atoms with van der Waals surface area (Å²) in [4.78, 5) is 11.1. The Bertz CT molecular complexity index is 311. The number of carbonyl (C=O) groups is 1. The van der Waals surface area contributed by atoms with Crippen molar-refractivity contribution in [1.29, 1.82) is 0 Å². The minimum atomic E-state index is -3.40. The molecule has 0 atom stereocenters. The van der Waals surface area contributed by atoms with Crippen LogP contribution in [0.25, 0.3) is 0 Å². The van der Waals surface area contributed by atoms with E-state index < -0.39 is 11.7 Å². The molecule has 0 unspecified atom stereocenters. The SMILES string of the molecule is CNCC(=O)C(F)(F)c1ccccc1. The summed E-state index contributed by atoms with van der Waals surface area (Å²) in [5.41, 5.74) is -0.264. The van der Waals surface area contributed by atoms with E-state index in [4.69, 9.17) is 0 Å². The molecule has 0 fully saturated rings. The number of halogens is 2. The third-order valence-corrected chi connectivity index (χ3v) is 1.82. The van der Waals surface area contributed by atoms with Crippen molar-refractivity contribution < 1.29 is 13.6 Å². The fourth-order valence-electron chi connectivity index (χ4n) is 1.08. The Morgan fingerprint density at radius 1 is 1.36 bits per heavy atom. The average molecular weight is 199 g/mol. The average Bonchev–Trinajstić information content (AvgIpc) is 2.19. The van der Waals surface area contributed by atoms with Crippen LogP contribution in [0.5, 0.6) is 0 Å². The van der Waals surface area contributed by atoms with Gasteiger partial charge in [0.15, 0.2) is 0 Å². The van der Waals surface area contributed by atoms with Gasteiger partial charge >= 0.3 is 5.92 Å². The standard InChI is InChI=1S/C10H11F2NO/c1-13-7-9(14)10(11,12)8-5-3-2-4-6-8/h2-6,13H,7H2,1H3. The number of hydrogen-bond acceptors (Lipinski definition) is 2. The van der Waals surface area contributed by atoms with Crippen LogP contribution < -0.4 is 5.32 Å². The van der Waals surface area contributed by atoms with Crippen LogP contribution in [0.3, 0.4) is 0 Å². The first kappa shape index (κ1) is 10.8. The number of hydrogen-bond donors (Lipinski definition) is 1. The van der Waals surface area contributed by atoms with Gasteiger partial charge in [0.1, 0.15) is 0 Å². The number of rotatable bonds is 4. The van der Waals surface area contributed by atoms with Crippen LogP contribution in [0.2, 0.25) is 0 Å². The predicted molar refractivity (Wildman–Crippen MR) is 49.3 cm³/mol. The highest BCUT2D eigenvalue weighted by atomic mass is 19.3. The van der Waals surface area contributed by atoms with Crippen molar-refractivity contribution in [2.75, 3.05) is 13.6 Å². The minimum Gasteiger partial charge on any atom is -0.313 e. The number of ketones is 1. The van der Waals surface area contributed by atoms with Gasteiger partial charge in [0.05, 0.1) is 6.54 Å². The zero-order valence-corrected chi connectivity index (χ0v) is 7.76. The third-order valence-electron chi connectivity index (χ3n) is 1.82. The van der Waals surface area contributed by atoms with E-state index in [0.717, 1.165) is 0 Å². The van der Waals surface area contributed by atoms with E-state index in [1.54, 1.807) is 6.07 Å². The zero-order valence-electron chi connectivity index (χ0n) is 7.76. The maximum absolute atomic E-state index is 13.3. The van der Waals surface area contributed by atoms with E-state index in [0.29, 0.717) is 0 Å². The zero-order chi connectivity index (χ0) is 10.6. The summed E-state index contributed by atoms with van der Waals surface area (Å²) >= 11 is 0. The van der Waals surface area contributed by atoms with Crippen LogP contribution in [0.4, 0.5) is 8.78 Å². The third kappa shape index (κ3) is 2.14. The molecule has 0 aromatic heterocycles. The molecule has 0 bridgehead atoms. The Morgan fingerprint density at radius 2 is 1.93 bits per heavy atom. The number of alkyl halides is 2. The summed E-state index contributed by atoms with van der Waals surface area (Å²) < 4.78 is 26.7. The molecular weight excluding hydrogens is 188 g/mol.